The minimum Gasteiger partial charge on any atom is -0.497 e. The van der Waals surface area contributed by atoms with Crippen LogP contribution in [0, 0.1) is 6.92 Å². The second kappa shape index (κ2) is 8.73. The Hall–Kier alpha value is -2.80. The van der Waals surface area contributed by atoms with Gasteiger partial charge in [-0.25, -0.2) is 0 Å². The molecule has 1 unspecified atom stereocenters. The second-order valence-corrected chi connectivity index (χ2v) is 7.06. The number of methoxy groups -OCH3 is 1. The van der Waals surface area contributed by atoms with Crippen LogP contribution in [0.2, 0.25) is 0 Å². The molecule has 0 saturated carbocycles. The lowest BCUT2D eigenvalue weighted by Gasteiger charge is -2.16. The number of ether oxygens (including phenoxy) is 1. The molecule has 2 aromatic carbocycles. The molecule has 7 heteroatoms. The predicted octanol–water partition coefficient (Wildman–Crippen LogP) is 3.55. The number of nitrogens with one attached hydrogen (secondary N) is 1. The standard InChI is InChI=1S/C20H22N4O2S/c1-14-6-4-5-7-18(14)15(2)22-19(25)12-27-20-23-21-13-24(20)16-8-10-17(26-3)11-9-16/h4-11,13,15H,12H2,1-3H3,(H,22,25). The highest BCUT2D eigenvalue weighted by molar-refractivity contribution is 7.99. The Kier molecular flexibility index (Phi) is 6.13. The van der Waals surface area contributed by atoms with Gasteiger partial charge >= 0.3 is 0 Å². The summed E-state index contributed by atoms with van der Waals surface area (Å²) in [6.07, 6.45) is 1.64. The van der Waals surface area contributed by atoms with Gasteiger partial charge in [-0.15, -0.1) is 10.2 Å². The van der Waals surface area contributed by atoms with E-state index in [-0.39, 0.29) is 17.7 Å². The average molecular weight is 382 g/mol. The topological polar surface area (TPSA) is 69.0 Å². The predicted molar refractivity (Wildman–Crippen MR) is 106 cm³/mol. The van der Waals surface area contributed by atoms with Crippen LogP contribution in [-0.2, 0) is 4.79 Å². The van der Waals surface area contributed by atoms with Crippen LogP contribution >= 0.6 is 11.8 Å². The molecule has 0 saturated heterocycles. The van der Waals surface area contributed by atoms with Gasteiger partial charge in [0.15, 0.2) is 5.16 Å². The maximum atomic E-state index is 12.4. The van der Waals surface area contributed by atoms with Gasteiger partial charge in [0, 0.05) is 5.69 Å². The van der Waals surface area contributed by atoms with Crippen LogP contribution in [0.1, 0.15) is 24.1 Å². The molecule has 6 nitrogen and oxygen atoms in total. The van der Waals surface area contributed by atoms with Crippen LogP contribution < -0.4 is 10.1 Å². The van der Waals surface area contributed by atoms with Crippen LogP contribution in [0.5, 0.6) is 5.75 Å². The summed E-state index contributed by atoms with van der Waals surface area (Å²) >= 11 is 1.35. The number of carbonyl (C=O) groups is 1. The fraction of sp³-hybridized carbons (Fsp3) is 0.250. The van der Waals surface area contributed by atoms with Crippen LogP contribution in [0.15, 0.2) is 60.0 Å². The smallest absolute Gasteiger partial charge is 0.230 e. The lowest BCUT2D eigenvalue weighted by Crippen LogP contribution is -2.28. The van der Waals surface area contributed by atoms with Gasteiger partial charge in [-0.3, -0.25) is 9.36 Å². The van der Waals surface area contributed by atoms with Crippen molar-refractivity contribution < 1.29 is 9.53 Å². The fourth-order valence-electron chi connectivity index (χ4n) is 2.81. The van der Waals surface area contributed by atoms with E-state index in [2.05, 4.69) is 15.5 Å². The van der Waals surface area contributed by atoms with Gasteiger partial charge in [0.1, 0.15) is 12.1 Å². The number of aryl methyl sites for hydroxylation is 1. The number of rotatable bonds is 7. The number of carbonyl (C=O) groups excluding carboxylic acids is 1. The summed E-state index contributed by atoms with van der Waals surface area (Å²) in [5, 5.41) is 11.8. The van der Waals surface area contributed by atoms with Gasteiger partial charge in [-0.1, -0.05) is 36.0 Å². The van der Waals surface area contributed by atoms with Gasteiger partial charge in [-0.2, -0.15) is 0 Å². The first-order valence-electron chi connectivity index (χ1n) is 8.60. The van der Waals surface area contributed by atoms with Gasteiger partial charge in [0.25, 0.3) is 0 Å². The van der Waals surface area contributed by atoms with E-state index >= 15 is 0 Å². The molecule has 27 heavy (non-hydrogen) atoms. The Balaban J connectivity index is 1.61. The summed E-state index contributed by atoms with van der Waals surface area (Å²) in [7, 11) is 1.63. The van der Waals surface area contributed by atoms with Gasteiger partial charge in [-0.05, 0) is 49.2 Å². The molecular weight excluding hydrogens is 360 g/mol. The molecular formula is C20H22N4O2S. The second-order valence-electron chi connectivity index (χ2n) is 6.12. The highest BCUT2D eigenvalue weighted by atomic mass is 32.2. The molecule has 0 spiro atoms. The minimum atomic E-state index is -0.0428. The number of benzene rings is 2. The lowest BCUT2D eigenvalue weighted by molar-refractivity contribution is -0.119. The quantitative estimate of drug-likeness (QED) is 0.633. The zero-order valence-corrected chi connectivity index (χ0v) is 16.4. The van der Waals surface area contributed by atoms with Crippen molar-refractivity contribution in [2.45, 2.75) is 25.0 Å². The summed E-state index contributed by atoms with van der Waals surface area (Å²) in [6.45, 7) is 4.04. The average Bonchev–Trinajstić information content (AvgIpc) is 3.15. The number of thioether (sulfide) groups is 1. The van der Waals surface area contributed by atoms with Crippen molar-refractivity contribution >= 4 is 17.7 Å². The molecule has 1 heterocycles. The monoisotopic (exact) mass is 382 g/mol. The molecule has 140 valence electrons. The molecule has 0 aliphatic carbocycles. The Morgan fingerprint density at radius 2 is 1.96 bits per heavy atom. The first-order valence-corrected chi connectivity index (χ1v) is 9.59. The molecule has 0 bridgehead atoms. The molecule has 1 atom stereocenters. The van der Waals surface area contributed by atoms with E-state index in [0.717, 1.165) is 22.6 Å². The van der Waals surface area contributed by atoms with Crippen LogP contribution in [0.4, 0.5) is 0 Å². The zero-order valence-electron chi connectivity index (χ0n) is 15.5. The molecule has 1 amide bonds. The molecule has 3 aromatic rings. The first-order chi connectivity index (χ1) is 13.1. The number of aromatic nitrogens is 3. The van der Waals surface area contributed by atoms with E-state index in [1.54, 1.807) is 13.4 Å². The minimum absolute atomic E-state index is 0.0416. The largest absolute Gasteiger partial charge is 0.497 e. The summed E-state index contributed by atoms with van der Waals surface area (Å²) in [6, 6.07) is 15.6. The Labute approximate surface area is 163 Å². The highest BCUT2D eigenvalue weighted by Gasteiger charge is 2.14. The third kappa shape index (κ3) is 4.68. The SMILES string of the molecule is COc1ccc(-n2cnnc2SCC(=O)NC(C)c2ccccc2C)cc1. The molecule has 0 aliphatic heterocycles. The van der Waals surface area contributed by atoms with E-state index in [1.807, 2.05) is 66.9 Å². The van der Waals surface area contributed by atoms with Crippen molar-refractivity contribution in [3.8, 4) is 11.4 Å². The molecule has 0 radical (unpaired) electrons. The van der Waals surface area contributed by atoms with Crippen LogP contribution in [0.3, 0.4) is 0 Å². The van der Waals surface area contributed by atoms with Gasteiger partial charge in [0.2, 0.25) is 5.91 Å². The highest BCUT2D eigenvalue weighted by Crippen LogP contribution is 2.22. The molecule has 0 fully saturated rings. The third-order valence-electron chi connectivity index (χ3n) is 4.23. The van der Waals surface area contributed by atoms with Crippen molar-refractivity contribution in [2.24, 2.45) is 0 Å². The molecule has 1 aromatic heterocycles. The van der Waals surface area contributed by atoms with Crippen molar-refractivity contribution in [2.75, 3.05) is 12.9 Å². The van der Waals surface area contributed by atoms with E-state index in [0.29, 0.717) is 5.16 Å². The number of hydrogen-bond donors (Lipinski definition) is 1. The maximum Gasteiger partial charge on any atom is 0.230 e. The van der Waals surface area contributed by atoms with Crippen molar-refractivity contribution in [1.29, 1.82) is 0 Å². The van der Waals surface area contributed by atoms with Crippen LogP contribution in [-0.4, -0.2) is 33.5 Å². The van der Waals surface area contributed by atoms with E-state index in [1.165, 1.54) is 11.8 Å². The number of nitrogens with zero attached hydrogens (tertiary/aromatic N) is 3. The molecule has 0 aliphatic rings. The lowest BCUT2D eigenvalue weighted by atomic mass is 10.0. The maximum absolute atomic E-state index is 12.4. The summed E-state index contributed by atoms with van der Waals surface area (Å²) in [4.78, 5) is 12.4. The Bertz CT molecular complexity index is 908. The van der Waals surface area contributed by atoms with Crippen molar-refractivity contribution in [3.05, 3.63) is 66.0 Å². The number of hydrogen-bond acceptors (Lipinski definition) is 5. The Morgan fingerprint density at radius 3 is 2.67 bits per heavy atom. The normalized spacial score (nSPS) is 11.8. The van der Waals surface area contributed by atoms with Gasteiger partial charge < -0.3 is 10.1 Å². The van der Waals surface area contributed by atoms with Gasteiger partial charge in [0.05, 0.1) is 18.9 Å². The third-order valence-corrected chi connectivity index (χ3v) is 5.17. The van der Waals surface area contributed by atoms with Crippen molar-refractivity contribution in [3.63, 3.8) is 0 Å². The zero-order chi connectivity index (χ0) is 19.2. The van der Waals surface area contributed by atoms with Crippen LogP contribution in [0.25, 0.3) is 5.69 Å². The molecule has 1 N–H and O–H groups in total. The molecule has 3 rings (SSSR count). The Morgan fingerprint density at radius 1 is 1.22 bits per heavy atom. The first kappa shape index (κ1) is 19.0. The van der Waals surface area contributed by atoms with E-state index in [4.69, 9.17) is 4.74 Å². The van der Waals surface area contributed by atoms with E-state index in [9.17, 15) is 4.79 Å². The van der Waals surface area contributed by atoms with E-state index < -0.39 is 0 Å². The number of amides is 1. The van der Waals surface area contributed by atoms with Crippen molar-refractivity contribution in [1.82, 2.24) is 20.1 Å². The fourth-order valence-corrected chi connectivity index (χ4v) is 3.55. The summed E-state index contributed by atoms with van der Waals surface area (Å²) in [5.74, 6) is 1.01. The summed E-state index contributed by atoms with van der Waals surface area (Å²) in [5.41, 5.74) is 3.20. The summed E-state index contributed by atoms with van der Waals surface area (Å²) < 4.78 is 7.03.